The average molecular weight is 535 g/mol. The number of rotatable bonds is 14. The van der Waals surface area contributed by atoms with Crippen LogP contribution in [0.2, 0.25) is 0 Å². The summed E-state index contributed by atoms with van der Waals surface area (Å²) in [6.45, 7) is 1.58. The highest BCUT2D eigenvalue weighted by Gasteiger charge is 2.27. The first-order chi connectivity index (χ1) is 17.4. The van der Waals surface area contributed by atoms with Crippen molar-refractivity contribution in [1.82, 2.24) is 16.0 Å². The van der Waals surface area contributed by atoms with E-state index in [1.54, 1.807) is 0 Å². The molecule has 2 aromatic rings. The molecule has 12 nitrogen and oxygen atoms in total. The zero-order chi connectivity index (χ0) is 27.4. The van der Waals surface area contributed by atoms with Gasteiger partial charge in [-0.2, -0.15) is 0 Å². The third-order valence-electron chi connectivity index (χ3n) is 5.13. The van der Waals surface area contributed by atoms with Gasteiger partial charge in [0.15, 0.2) is 0 Å². The highest BCUT2D eigenvalue weighted by Crippen LogP contribution is 2.37. The molecular formula is C24H30N3O9P. The number of amides is 3. The average Bonchev–Trinajstić information content (AvgIpc) is 2.81. The first-order valence-electron chi connectivity index (χ1n) is 11.4. The van der Waals surface area contributed by atoms with E-state index in [9.17, 15) is 28.8 Å². The number of carbonyl (C=O) groups is 4. The van der Waals surface area contributed by atoms with Crippen LogP contribution in [-0.4, -0.2) is 57.2 Å². The number of hydrogen-bond acceptors (Lipinski definition) is 6. The zero-order valence-corrected chi connectivity index (χ0v) is 21.0. The number of benzene rings is 2. The molecule has 0 heterocycles. The van der Waals surface area contributed by atoms with E-state index in [4.69, 9.17) is 9.79 Å². The minimum Gasteiger partial charge on any atom is -0.480 e. The second-order valence-corrected chi connectivity index (χ2v) is 9.37. The molecule has 0 spiro atoms. The Balaban J connectivity index is 1.93. The molecule has 2 aromatic carbocycles. The lowest BCUT2D eigenvalue weighted by Gasteiger charge is -2.21. The Morgan fingerprint density at radius 1 is 0.919 bits per heavy atom. The summed E-state index contributed by atoms with van der Waals surface area (Å²) in [5.41, 5.74) is 1.56. The molecule has 0 radical (unpaired) electrons. The van der Waals surface area contributed by atoms with Crippen molar-refractivity contribution in [3.05, 3.63) is 65.7 Å². The molecule has 0 fully saturated rings. The summed E-state index contributed by atoms with van der Waals surface area (Å²) >= 11 is 0. The summed E-state index contributed by atoms with van der Waals surface area (Å²) < 4.78 is 15.4. The molecule has 0 aliphatic carbocycles. The van der Waals surface area contributed by atoms with Crippen LogP contribution >= 0.6 is 7.82 Å². The van der Waals surface area contributed by atoms with E-state index in [0.717, 1.165) is 5.56 Å². The van der Waals surface area contributed by atoms with Gasteiger partial charge in [0.25, 0.3) is 0 Å². The lowest BCUT2D eigenvalue weighted by molar-refractivity contribution is -0.142. The minimum absolute atomic E-state index is 0.0338. The SMILES string of the molecule is CC(=O)NC(Cc1ccc(OP(=O)(O)O)cc1)C(=O)NC(CCC(=O)NCCc1ccccc1)C(=O)O. The summed E-state index contributed by atoms with van der Waals surface area (Å²) in [5, 5.41) is 17.1. The van der Waals surface area contributed by atoms with Crippen LogP contribution in [0, 0.1) is 0 Å². The Morgan fingerprint density at radius 3 is 2.14 bits per heavy atom. The van der Waals surface area contributed by atoms with Crippen LogP contribution < -0.4 is 20.5 Å². The van der Waals surface area contributed by atoms with Gasteiger partial charge < -0.3 is 25.6 Å². The second kappa shape index (κ2) is 14.1. The van der Waals surface area contributed by atoms with Gasteiger partial charge in [-0.25, -0.2) is 9.36 Å². The smallest absolute Gasteiger partial charge is 0.480 e. The molecular weight excluding hydrogens is 505 g/mol. The van der Waals surface area contributed by atoms with Crippen LogP contribution in [0.3, 0.4) is 0 Å². The lowest BCUT2D eigenvalue weighted by atomic mass is 10.0. The van der Waals surface area contributed by atoms with Crippen LogP contribution in [0.15, 0.2) is 54.6 Å². The van der Waals surface area contributed by atoms with Gasteiger partial charge in [-0.1, -0.05) is 42.5 Å². The van der Waals surface area contributed by atoms with Crippen LogP contribution in [0.1, 0.15) is 30.9 Å². The van der Waals surface area contributed by atoms with Crippen molar-refractivity contribution in [1.29, 1.82) is 0 Å². The van der Waals surface area contributed by atoms with Gasteiger partial charge in [-0.05, 0) is 36.1 Å². The molecule has 0 saturated carbocycles. The van der Waals surface area contributed by atoms with Crippen LogP contribution in [0.4, 0.5) is 0 Å². The monoisotopic (exact) mass is 535 g/mol. The summed E-state index contributed by atoms with van der Waals surface area (Å²) in [6.07, 6.45) is 0.307. The maximum atomic E-state index is 12.8. The van der Waals surface area contributed by atoms with Crippen molar-refractivity contribution < 1.29 is 43.2 Å². The minimum atomic E-state index is -4.73. The number of phosphoric ester groups is 1. The molecule has 6 N–H and O–H groups in total. The Hall–Kier alpha value is -3.73. The predicted octanol–water partition coefficient (Wildman–Crippen LogP) is 0.914. The molecule has 3 amide bonds. The van der Waals surface area contributed by atoms with Crippen molar-refractivity contribution in [2.24, 2.45) is 0 Å². The van der Waals surface area contributed by atoms with Crippen LogP contribution in [0.5, 0.6) is 5.75 Å². The van der Waals surface area contributed by atoms with E-state index in [-0.39, 0.29) is 30.9 Å². The summed E-state index contributed by atoms with van der Waals surface area (Å²) in [5.74, 6) is -3.06. The van der Waals surface area contributed by atoms with Crippen molar-refractivity contribution >= 4 is 31.5 Å². The van der Waals surface area contributed by atoms with Gasteiger partial charge in [0.1, 0.15) is 17.8 Å². The predicted molar refractivity (Wildman–Crippen MR) is 132 cm³/mol. The molecule has 37 heavy (non-hydrogen) atoms. The largest absolute Gasteiger partial charge is 0.524 e. The van der Waals surface area contributed by atoms with Crippen molar-refractivity contribution in [2.45, 2.75) is 44.7 Å². The first kappa shape index (κ1) is 29.5. The lowest BCUT2D eigenvalue weighted by Crippen LogP contribution is -2.52. The fourth-order valence-corrected chi connectivity index (χ4v) is 3.79. The Bertz CT molecular complexity index is 1120. The van der Waals surface area contributed by atoms with Crippen LogP contribution in [-0.2, 0) is 36.6 Å². The third kappa shape index (κ3) is 11.7. The zero-order valence-electron chi connectivity index (χ0n) is 20.1. The Morgan fingerprint density at radius 2 is 1.57 bits per heavy atom. The van der Waals surface area contributed by atoms with E-state index in [1.807, 2.05) is 30.3 Å². The van der Waals surface area contributed by atoms with Gasteiger partial charge >= 0.3 is 13.8 Å². The van der Waals surface area contributed by atoms with E-state index < -0.39 is 37.7 Å². The number of aliphatic carboxylic acids is 1. The number of carbonyl (C=O) groups excluding carboxylic acids is 3. The molecule has 2 rings (SSSR count). The standard InChI is InChI=1S/C24H30N3O9P/c1-16(28)26-21(15-18-7-9-19(10-8-18)36-37(33,34)35)23(30)27-20(24(31)32)11-12-22(29)25-14-13-17-5-3-2-4-6-17/h2-10,20-21H,11-15H2,1H3,(H,25,29)(H,26,28)(H,27,30)(H,31,32)(H2,33,34,35). The van der Waals surface area contributed by atoms with E-state index in [2.05, 4.69) is 20.5 Å². The molecule has 200 valence electrons. The number of carboxylic acid groups (broad SMARTS) is 1. The number of nitrogens with one attached hydrogen (secondary N) is 3. The fourth-order valence-electron chi connectivity index (χ4n) is 3.40. The number of hydrogen-bond donors (Lipinski definition) is 6. The normalized spacial score (nSPS) is 12.6. The molecule has 0 aromatic heterocycles. The van der Waals surface area contributed by atoms with Gasteiger partial charge in [0.05, 0.1) is 0 Å². The molecule has 2 atom stereocenters. The quantitative estimate of drug-likeness (QED) is 0.191. The highest BCUT2D eigenvalue weighted by molar-refractivity contribution is 7.46. The topological polar surface area (TPSA) is 191 Å². The first-order valence-corrected chi connectivity index (χ1v) is 12.9. The van der Waals surface area contributed by atoms with Crippen LogP contribution in [0.25, 0.3) is 0 Å². The van der Waals surface area contributed by atoms with E-state index in [0.29, 0.717) is 18.5 Å². The molecule has 0 bridgehead atoms. The molecule has 0 aliphatic rings. The fraction of sp³-hybridized carbons (Fsp3) is 0.333. The molecule has 13 heteroatoms. The summed E-state index contributed by atoms with van der Waals surface area (Å²) in [4.78, 5) is 66.0. The van der Waals surface area contributed by atoms with Crippen molar-refractivity contribution in [3.8, 4) is 5.75 Å². The number of phosphoric acid groups is 1. The van der Waals surface area contributed by atoms with Gasteiger partial charge in [0.2, 0.25) is 17.7 Å². The van der Waals surface area contributed by atoms with E-state index in [1.165, 1.54) is 31.2 Å². The molecule has 0 aliphatic heterocycles. The second-order valence-electron chi connectivity index (χ2n) is 8.21. The maximum absolute atomic E-state index is 12.8. The Labute approximate surface area is 213 Å². The molecule has 2 unspecified atom stereocenters. The summed E-state index contributed by atoms with van der Waals surface area (Å²) in [6, 6.07) is 12.5. The van der Waals surface area contributed by atoms with Crippen molar-refractivity contribution in [3.63, 3.8) is 0 Å². The third-order valence-corrected chi connectivity index (χ3v) is 5.58. The summed E-state index contributed by atoms with van der Waals surface area (Å²) in [7, 11) is -4.73. The van der Waals surface area contributed by atoms with Gasteiger partial charge in [0, 0.05) is 26.3 Å². The number of carboxylic acids is 1. The maximum Gasteiger partial charge on any atom is 0.524 e. The van der Waals surface area contributed by atoms with E-state index >= 15 is 0 Å². The van der Waals surface area contributed by atoms with Gasteiger partial charge in [-0.3, -0.25) is 24.2 Å². The Kier molecular flexibility index (Phi) is 11.3. The highest BCUT2D eigenvalue weighted by atomic mass is 31.2. The van der Waals surface area contributed by atoms with Gasteiger partial charge in [-0.15, -0.1) is 0 Å². The molecule has 0 saturated heterocycles. The van der Waals surface area contributed by atoms with Crippen molar-refractivity contribution in [2.75, 3.05) is 6.54 Å².